The smallest absolute Gasteiger partial charge is 0.0370 e. The SMILES string of the molecule is Cc1ccc(N2CCNC(CC(C)C)C2)cc1C. The van der Waals surface area contributed by atoms with Gasteiger partial charge in [0.2, 0.25) is 0 Å². The van der Waals surface area contributed by atoms with Crippen LogP contribution < -0.4 is 10.2 Å². The van der Waals surface area contributed by atoms with Gasteiger partial charge in [0.05, 0.1) is 0 Å². The first kappa shape index (κ1) is 13.4. The lowest BCUT2D eigenvalue weighted by atomic mass is 10.0. The van der Waals surface area contributed by atoms with Gasteiger partial charge in [0, 0.05) is 31.4 Å². The fraction of sp³-hybridized carbons (Fsp3) is 0.625. The van der Waals surface area contributed by atoms with E-state index in [0.717, 1.165) is 25.6 Å². The lowest BCUT2D eigenvalue weighted by Crippen LogP contribution is -2.51. The average Bonchev–Trinajstić information content (AvgIpc) is 2.32. The van der Waals surface area contributed by atoms with Crippen molar-refractivity contribution in [1.29, 1.82) is 0 Å². The maximum atomic E-state index is 3.63. The number of rotatable bonds is 3. The fourth-order valence-corrected chi connectivity index (χ4v) is 2.71. The zero-order chi connectivity index (χ0) is 13.1. The Morgan fingerprint density at radius 2 is 2.06 bits per heavy atom. The highest BCUT2D eigenvalue weighted by Gasteiger charge is 2.20. The van der Waals surface area contributed by atoms with Crippen LogP contribution in [0.25, 0.3) is 0 Å². The number of hydrogen-bond donors (Lipinski definition) is 1. The Kier molecular flexibility index (Phi) is 4.28. The summed E-state index contributed by atoms with van der Waals surface area (Å²) in [5.41, 5.74) is 4.16. The summed E-state index contributed by atoms with van der Waals surface area (Å²) in [6.07, 6.45) is 1.27. The van der Waals surface area contributed by atoms with Crippen molar-refractivity contribution in [3.05, 3.63) is 29.3 Å². The van der Waals surface area contributed by atoms with Crippen LogP contribution >= 0.6 is 0 Å². The van der Waals surface area contributed by atoms with E-state index in [4.69, 9.17) is 0 Å². The second-order valence-corrected chi connectivity index (χ2v) is 6.00. The summed E-state index contributed by atoms with van der Waals surface area (Å²) in [6.45, 7) is 12.3. The van der Waals surface area contributed by atoms with Crippen molar-refractivity contribution in [3.8, 4) is 0 Å². The maximum Gasteiger partial charge on any atom is 0.0370 e. The summed E-state index contributed by atoms with van der Waals surface area (Å²) in [7, 11) is 0. The molecule has 100 valence electrons. The molecule has 2 rings (SSSR count). The highest BCUT2D eigenvalue weighted by atomic mass is 15.2. The minimum absolute atomic E-state index is 0.639. The van der Waals surface area contributed by atoms with Crippen molar-refractivity contribution in [2.75, 3.05) is 24.5 Å². The number of piperazine rings is 1. The molecule has 0 aromatic heterocycles. The first-order valence-corrected chi connectivity index (χ1v) is 7.12. The molecule has 1 saturated heterocycles. The Labute approximate surface area is 111 Å². The molecular weight excluding hydrogens is 220 g/mol. The van der Waals surface area contributed by atoms with Crippen molar-refractivity contribution in [1.82, 2.24) is 5.32 Å². The lowest BCUT2D eigenvalue weighted by molar-refractivity contribution is 0.388. The summed E-state index contributed by atoms with van der Waals surface area (Å²) in [5, 5.41) is 3.63. The van der Waals surface area contributed by atoms with Gasteiger partial charge in [-0.25, -0.2) is 0 Å². The monoisotopic (exact) mass is 246 g/mol. The van der Waals surface area contributed by atoms with Gasteiger partial charge < -0.3 is 10.2 Å². The predicted molar refractivity (Wildman–Crippen MR) is 79.4 cm³/mol. The topological polar surface area (TPSA) is 15.3 Å². The zero-order valence-corrected chi connectivity index (χ0v) is 12.2. The van der Waals surface area contributed by atoms with Crippen LogP contribution in [-0.4, -0.2) is 25.7 Å². The summed E-state index contributed by atoms with van der Waals surface area (Å²) < 4.78 is 0. The predicted octanol–water partition coefficient (Wildman–Crippen LogP) is 3.13. The standard InChI is InChI=1S/C16H26N2/c1-12(2)9-15-11-18(8-7-17-15)16-6-5-13(3)14(4)10-16/h5-6,10,12,15,17H,7-9,11H2,1-4H3. The third-order valence-corrected chi connectivity index (χ3v) is 3.87. The highest BCUT2D eigenvalue weighted by Crippen LogP contribution is 2.21. The molecule has 0 radical (unpaired) electrons. The van der Waals surface area contributed by atoms with Gasteiger partial charge in [-0.05, 0) is 49.4 Å². The number of nitrogens with one attached hydrogen (secondary N) is 1. The average molecular weight is 246 g/mol. The Morgan fingerprint density at radius 1 is 1.28 bits per heavy atom. The minimum atomic E-state index is 0.639. The van der Waals surface area contributed by atoms with Gasteiger partial charge in [0.25, 0.3) is 0 Å². The molecule has 2 nitrogen and oxygen atoms in total. The minimum Gasteiger partial charge on any atom is -0.369 e. The number of nitrogens with zero attached hydrogens (tertiary/aromatic N) is 1. The molecule has 1 atom stereocenters. The Bertz CT molecular complexity index is 398. The fourth-order valence-electron chi connectivity index (χ4n) is 2.71. The number of anilines is 1. The van der Waals surface area contributed by atoms with Crippen LogP contribution in [0.2, 0.25) is 0 Å². The van der Waals surface area contributed by atoms with E-state index in [9.17, 15) is 0 Å². The molecule has 1 unspecified atom stereocenters. The van der Waals surface area contributed by atoms with Crippen LogP contribution in [0.4, 0.5) is 5.69 Å². The second kappa shape index (κ2) is 5.75. The number of aryl methyl sites for hydroxylation is 2. The van der Waals surface area contributed by atoms with E-state index < -0.39 is 0 Å². The van der Waals surface area contributed by atoms with Crippen LogP contribution in [0.3, 0.4) is 0 Å². The van der Waals surface area contributed by atoms with Crippen molar-refractivity contribution in [2.45, 2.75) is 40.2 Å². The van der Waals surface area contributed by atoms with Gasteiger partial charge in [-0.3, -0.25) is 0 Å². The molecular formula is C16H26N2. The first-order chi connectivity index (χ1) is 8.56. The summed E-state index contributed by atoms with van der Waals surface area (Å²) >= 11 is 0. The molecule has 1 N–H and O–H groups in total. The van der Waals surface area contributed by atoms with Gasteiger partial charge >= 0.3 is 0 Å². The molecule has 18 heavy (non-hydrogen) atoms. The summed E-state index contributed by atoms with van der Waals surface area (Å²) in [4.78, 5) is 2.52. The molecule has 0 bridgehead atoms. The van der Waals surface area contributed by atoms with E-state index >= 15 is 0 Å². The van der Waals surface area contributed by atoms with E-state index in [1.165, 1.54) is 23.2 Å². The van der Waals surface area contributed by atoms with E-state index in [1.54, 1.807) is 0 Å². The molecule has 1 aromatic carbocycles. The molecule has 1 aromatic rings. The Balaban J connectivity index is 2.05. The second-order valence-electron chi connectivity index (χ2n) is 6.00. The molecule has 1 heterocycles. The van der Waals surface area contributed by atoms with Crippen LogP contribution in [-0.2, 0) is 0 Å². The number of benzene rings is 1. The summed E-state index contributed by atoms with van der Waals surface area (Å²) in [6, 6.07) is 7.47. The zero-order valence-electron chi connectivity index (χ0n) is 12.2. The van der Waals surface area contributed by atoms with E-state index in [0.29, 0.717) is 6.04 Å². The Morgan fingerprint density at radius 3 is 2.72 bits per heavy atom. The molecule has 0 spiro atoms. The third-order valence-electron chi connectivity index (χ3n) is 3.87. The van der Waals surface area contributed by atoms with Crippen LogP contribution in [0.1, 0.15) is 31.4 Å². The van der Waals surface area contributed by atoms with Gasteiger partial charge in [-0.2, -0.15) is 0 Å². The molecule has 2 heteroatoms. The van der Waals surface area contributed by atoms with Crippen molar-refractivity contribution in [2.24, 2.45) is 5.92 Å². The molecule has 0 saturated carbocycles. The van der Waals surface area contributed by atoms with Gasteiger partial charge in [0.1, 0.15) is 0 Å². The highest BCUT2D eigenvalue weighted by molar-refractivity contribution is 5.51. The van der Waals surface area contributed by atoms with Crippen molar-refractivity contribution >= 4 is 5.69 Å². The van der Waals surface area contributed by atoms with E-state index in [2.05, 4.69) is 56.1 Å². The van der Waals surface area contributed by atoms with Crippen LogP contribution in [0.15, 0.2) is 18.2 Å². The van der Waals surface area contributed by atoms with Gasteiger partial charge in [-0.15, -0.1) is 0 Å². The van der Waals surface area contributed by atoms with Gasteiger partial charge in [0.15, 0.2) is 0 Å². The van der Waals surface area contributed by atoms with Crippen LogP contribution in [0, 0.1) is 19.8 Å². The molecule has 1 fully saturated rings. The van der Waals surface area contributed by atoms with Crippen molar-refractivity contribution < 1.29 is 0 Å². The van der Waals surface area contributed by atoms with Crippen molar-refractivity contribution in [3.63, 3.8) is 0 Å². The quantitative estimate of drug-likeness (QED) is 0.881. The molecule has 0 amide bonds. The van der Waals surface area contributed by atoms with E-state index in [1.807, 2.05) is 0 Å². The largest absolute Gasteiger partial charge is 0.369 e. The lowest BCUT2D eigenvalue weighted by Gasteiger charge is -2.36. The van der Waals surface area contributed by atoms with E-state index in [-0.39, 0.29) is 0 Å². The normalized spacial score (nSPS) is 20.5. The third kappa shape index (κ3) is 3.26. The Hall–Kier alpha value is -1.02. The maximum absolute atomic E-state index is 3.63. The molecule has 1 aliphatic heterocycles. The van der Waals surface area contributed by atoms with Gasteiger partial charge in [-0.1, -0.05) is 19.9 Å². The van der Waals surface area contributed by atoms with Crippen LogP contribution in [0.5, 0.6) is 0 Å². The number of hydrogen-bond acceptors (Lipinski definition) is 2. The summed E-state index contributed by atoms with van der Waals surface area (Å²) in [5.74, 6) is 0.766. The first-order valence-electron chi connectivity index (χ1n) is 7.12. The molecule has 0 aliphatic carbocycles. The molecule has 1 aliphatic rings.